The van der Waals surface area contributed by atoms with Crippen molar-refractivity contribution >= 4 is 5.69 Å². The molecule has 1 aromatic heterocycles. The number of nitrogens with two attached hydrogens (primary N) is 1. The standard InChI is InChI=1S/C9H11F3N2/c1-5(2)8-6(9(10,11)12)3-14-4-7(8)13/h3-5H,13H2,1-2H3. The number of halogens is 3. The van der Waals surface area contributed by atoms with E-state index in [4.69, 9.17) is 5.73 Å². The Balaban J connectivity index is 3.36. The second-order valence-electron chi connectivity index (χ2n) is 3.34. The summed E-state index contributed by atoms with van der Waals surface area (Å²) in [4.78, 5) is 3.45. The number of nitrogen functional groups attached to an aromatic ring is 1. The number of nitrogens with zero attached hydrogens (tertiary/aromatic N) is 1. The van der Waals surface area contributed by atoms with Crippen LogP contribution in [0.5, 0.6) is 0 Å². The van der Waals surface area contributed by atoms with E-state index in [-0.39, 0.29) is 17.2 Å². The van der Waals surface area contributed by atoms with E-state index in [9.17, 15) is 13.2 Å². The lowest BCUT2D eigenvalue weighted by atomic mass is 9.97. The molecule has 0 aromatic carbocycles. The minimum absolute atomic E-state index is 0.0924. The van der Waals surface area contributed by atoms with Crippen molar-refractivity contribution in [3.05, 3.63) is 23.5 Å². The summed E-state index contributed by atoms with van der Waals surface area (Å²) in [6.45, 7) is 3.34. The van der Waals surface area contributed by atoms with E-state index in [1.807, 2.05) is 0 Å². The van der Waals surface area contributed by atoms with Gasteiger partial charge in [0.15, 0.2) is 0 Å². The fraction of sp³-hybridized carbons (Fsp3) is 0.444. The average Bonchev–Trinajstić information content (AvgIpc) is 2.01. The normalized spacial score (nSPS) is 12.1. The molecule has 0 unspecified atom stereocenters. The lowest BCUT2D eigenvalue weighted by Gasteiger charge is -2.16. The number of alkyl halides is 3. The van der Waals surface area contributed by atoms with Crippen LogP contribution < -0.4 is 5.73 Å². The van der Waals surface area contributed by atoms with Gasteiger partial charge >= 0.3 is 6.18 Å². The maximum absolute atomic E-state index is 12.5. The molecule has 0 amide bonds. The minimum Gasteiger partial charge on any atom is -0.397 e. The van der Waals surface area contributed by atoms with Crippen molar-refractivity contribution in [3.63, 3.8) is 0 Å². The molecule has 0 aliphatic heterocycles. The summed E-state index contributed by atoms with van der Waals surface area (Å²) in [7, 11) is 0. The maximum atomic E-state index is 12.5. The SMILES string of the molecule is CC(C)c1c(N)cncc1C(F)(F)F. The van der Waals surface area contributed by atoms with Crippen molar-refractivity contribution in [2.45, 2.75) is 25.9 Å². The first-order chi connectivity index (χ1) is 6.34. The fourth-order valence-corrected chi connectivity index (χ4v) is 1.36. The van der Waals surface area contributed by atoms with Gasteiger partial charge in [-0.3, -0.25) is 4.98 Å². The first kappa shape index (κ1) is 10.8. The molecule has 0 spiro atoms. The summed E-state index contributed by atoms with van der Waals surface area (Å²) in [5.74, 6) is -0.269. The van der Waals surface area contributed by atoms with Gasteiger partial charge in [-0.2, -0.15) is 13.2 Å². The van der Waals surface area contributed by atoms with E-state index < -0.39 is 11.7 Å². The minimum atomic E-state index is -4.39. The van der Waals surface area contributed by atoms with E-state index in [1.165, 1.54) is 6.20 Å². The van der Waals surface area contributed by atoms with Gasteiger partial charge < -0.3 is 5.73 Å². The van der Waals surface area contributed by atoms with Crippen molar-refractivity contribution < 1.29 is 13.2 Å². The lowest BCUT2D eigenvalue weighted by Crippen LogP contribution is -2.12. The van der Waals surface area contributed by atoms with Gasteiger partial charge in [-0.15, -0.1) is 0 Å². The number of aromatic nitrogens is 1. The predicted molar refractivity (Wildman–Crippen MR) is 47.7 cm³/mol. The van der Waals surface area contributed by atoms with Crippen LogP contribution in [0.4, 0.5) is 18.9 Å². The smallest absolute Gasteiger partial charge is 0.397 e. The maximum Gasteiger partial charge on any atom is 0.418 e. The van der Waals surface area contributed by atoms with Crippen molar-refractivity contribution in [3.8, 4) is 0 Å². The molecule has 1 aromatic rings. The van der Waals surface area contributed by atoms with Gasteiger partial charge in [0.25, 0.3) is 0 Å². The highest BCUT2D eigenvalue weighted by Crippen LogP contribution is 2.36. The van der Waals surface area contributed by atoms with E-state index in [0.717, 1.165) is 6.20 Å². The van der Waals surface area contributed by atoms with E-state index in [1.54, 1.807) is 13.8 Å². The van der Waals surface area contributed by atoms with Gasteiger partial charge in [0.1, 0.15) is 0 Å². The Morgan fingerprint density at radius 1 is 1.29 bits per heavy atom. The van der Waals surface area contributed by atoms with Crippen LogP contribution in [-0.2, 0) is 6.18 Å². The Hall–Kier alpha value is -1.26. The third-order valence-electron chi connectivity index (χ3n) is 1.90. The number of pyridine rings is 1. The van der Waals surface area contributed by atoms with Crippen molar-refractivity contribution in [2.24, 2.45) is 0 Å². The van der Waals surface area contributed by atoms with Crippen LogP contribution in [0.25, 0.3) is 0 Å². The molecule has 0 aliphatic rings. The zero-order valence-electron chi connectivity index (χ0n) is 7.89. The Kier molecular flexibility index (Phi) is 2.69. The van der Waals surface area contributed by atoms with Crippen LogP contribution >= 0.6 is 0 Å². The van der Waals surface area contributed by atoms with Crippen molar-refractivity contribution in [2.75, 3.05) is 5.73 Å². The highest BCUT2D eigenvalue weighted by molar-refractivity contribution is 5.51. The molecule has 0 atom stereocenters. The molecular weight excluding hydrogens is 193 g/mol. The zero-order chi connectivity index (χ0) is 10.9. The van der Waals surface area contributed by atoms with Crippen LogP contribution in [-0.4, -0.2) is 4.98 Å². The summed E-state index contributed by atoms with van der Waals surface area (Å²) in [5, 5.41) is 0. The van der Waals surface area contributed by atoms with Gasteiger partial charge in [-0.1, -0.05) is 13.8 Å². The van der Waals surface area contributed by atoms with E-state index in [0.29, 0.717) is 0 Å². The molecule has 0 bridgehead atoms. The topological polar surface area (TPSA) is 38.9 Å². The van der Waals surface area contributed by atoms with Crippen LogP contribution in [0.15, 0.2) is 12.4 Å². The first-order valence-corrected chi connectivity index (χ1v) is 4.14. The quantitative estimate of drug-likeness (QED) is 0.763. The van der Waals surface area contributed by atoms with E-state index >= 15 is 0 Å². The molecule has 1 rings (SSSR count). The Morgan fingerprint density at radius 2 is 1.86 bits per heavy atom. The molecule has 1 heterocycles. The van der Waals surface area contributed by atoms with Crippen molar-refractivity contribution in [1.29, 1.82) is 0 Å². The van der Waals surface area contributed by atoms with Gasteiger partial charge in [0.2, 0.25) is 0 Å². The second-order valence-corrected chi connectivity index (χ2v) is 3.34. The predicted octanol–water partition coefficient (Wildman–Crippen LogP) is 2.81. The molecule has 14 heavy (non-hydrogen) atoms. The number of hydrogen-bond acceptors (Lipinski definition) is 2. The highest BCUT2D eigenvalue weighted by Gasteiger charge is 2.35. The molecule has 0 aliphatic carbocycles. The van der Waals surface area contributed by atoms with Gasteiger partial charge in [-0.05, 0) is 11.5 Å². The third-order valence-corrected chi connectivity index (χ3v) is 1.90. The molecular formula is C9H11F3N2. The lowest BCUT2D eigenvalue weighted by molar-refractivity contribution is -0.138. The molecule has 0 saturated heterocycles. The molecule has 0 radical (unpaired) electrons. The first-order valence-electron chi connectivity index (χ1n) is 4.14. The highest BCUT2D eigenvalue weighted by atomic mass is 19.4. The van der Waals surface area contributed by atoms with Crippen molar-refractivity contribution in [1.82, 2.24) is 4.98 Å². The summed E-state index contributed by atoms with van der Waals surface area (Å²) in [6, 6.07) is 0. The van der Waals surface area contributed by atoms with Crippen LogP contribution in [0.1, 0.15) is 30.9 Å². The van der Waals surface area contributed by atoms with Crippen LogP contribution in [0.3, 0.4) is 0 Å². The van der Waals surface area contributed by atoms with E-state index in [2.05, 4.69) is 4.98 Å². The summed E-state index contributed by atoms with van der Waals surface area (Å²) in [6.07, 6.45) is -2.34. The van der Waals surface area contributed by atoms with Crippen LogP contribution in [0.2, 0.25) is 0 Å². The molecule has 2 nitrogen and oxygen atoms in total. The summed E-state index contributed by atoms with van der Waals surface area (Å²) < 4.78 is 37.5. The summed E-state index contributed by atoms with van der Waals surface area (Å²) in [5.41, 5.74) is 4.92. The molecule has 0 fully saturated rings. The van der Waals surface area contributed by atoms with Crippen LogP contribution in [0, 0.1) is 0 Å². The second kappa shape index (κ2) is 3.48. The van der Waals surface area contributed by atoms with Gasteiger partial charge in [-0.25, -0.2) is 0 Å². The molecule has 2 N–H and O–H groups in total. The average molecular weight is 204 g/mol. The third kappa shape index (κ3) is 1.97. The molecule has 5 heteroatoms. The number of hydrogen-bond donors (Lipinski definition) is 1. The Labute approximate surface area is 79.9 Å². The van der Waals surface area contributed by atoms with Gasteiger partial charge in [0.05, 0.1) is 17.4 Å². The Morgan fingerprint density at radius 3 is 2.21 bits per heavy atom. The molecule has 78 valence electrons. The molecule has 0 saturated carbocycles. The monoisotopic (exact) mass is 204 g/mol. The number of rotatable bonds is 1. The zero-order valence-corrected chi connectivity index (χ0v) is 7.89. The number of anilines is 1. The Bertz CT molecular complexity index is 331. The van der Waals surface area contributed by atoms with Gasteiger partial charge in [0, 0.05) is 6.20 Å². The largest absolute Gasteiger partial charge is 0.418 e. The summed E-state index contributed by atoms with van der Waals surface area (Å²) >= 11 is 0. The fourth-order valence-electron chi connectivity index (χ4n) is 1.36.